The van der Waals surface area contributed by atoms with E-state index in [9.17, 15) is 0 Å². The highest BCUT2D eigenvalue weighted by Gasteiger charge is 2.10. The zero-order chi connectivity index (χ0) is 15.2. The first kappa shape index (κ1) is 15.7. The molecule has 0 amide bonds. The fourth-order valence-electron chi connectivity index (χ4n) is 2.31. The number of likely N-dealkylation sites (N-methyl/N-ethyl adjacent to an activating group) is 1. The molecule has 1 heterocycles. The monoisotopic (exact) mass is 286 g/mol. The predicted octanol–water partition coefficient (Wildman–Crippen LogP) is 2.69. The summed E-state index contributed by atoms with van der Waals surface area (Å²) in [4.78, 5) is 6.49. The summed E-state index contributed by atoms with van der Waals surface area (Å²) in [5.74, 6) is 0. The number of rotatable bonds is 7. The fraction of sp³-hybridized carbons (Fsp3) is 0.471. The van der Waals surface area contributed by atoms with Crippen LogP contribution in [0.15, 0.2) is 43.0 Å². The van der Waals surface area contributed by atoms with Crippen LogP contribution in [-0.4, -0.2) is 40.1 Å². The summed E-state index contributed by atoms with van der Waals surface area (Å²) in [6, 6.07) is 9.47. The van der Waals surface area contributed by atoms with Crippen LogP contribution in [0.3, 0.4) is 0 Å². The Kier molecular flexibility index (Phi) is 5.53. The van der Waals surface area contributed by atoms with Gasteiger partial charge < -0.3 is 14.8 Å². The number of para-hydroxylation sites is 1. The summed E-state index contributed by atoms with van der Waals surface area (Å²) in [7, 11) is 2.17. The van der Waals surface area contributed by atoms with E-state index in [2.05, 4.69) is 71.9 Å². The van der Waals surface area contributed by atoms with E-state index in [1.165, 1.54) is 11.3 Å². The predicted molar refractivity (Wildman–Crippen MR) is 87.6 cm³/mol. The smallest absolute Gasteiger partial charge is 0.0991 e. The third kappa shape index (κ3) is 4.41. The molecule has 2 rings (SSSR count). The van der Waals surface area contributed by atoms with Crippen LogP contribution in [0, 0.1) is 0 Å². The normalized spacial score (nSPS) is 13.0. The van der Waals surface area contributed by atoms with Crippen molar-refractivity contribution in [2.75, 3.05) is 13.6 Å². The second-order valence-corrected chi connectivity index (χ2v) is 5.91. The maximum absolute atomic E-state index is 4.13. The molecule has 0 saturated carbocycles. The molecule has 2 aromatic rings. The standard InChI is InChI=1S/C17H26N4/c1-14(2)20(4)12-15(3)19-11-16-7-5-6-8-17(16)21-10-9-18-13-21/h5-10,13-15,19H,11-12H2,1-4H3. The molecule has 1 atom stereocenters. The van der Waals surface area contributed by atoms with Gasteiger partial charge in [-0.25, -0.2) is 4.98 Å². The van der Waals surface area contributed by atoms with Gasteiger partial charge in [-0.05, 0) is 39.4 Å². The van der Waals surface area contributed by atoms with Gasteiger partial charge in [0.15, 0.2) is 0 Å². The Hall–Kier alpha value is -1.65. The average Bonchev–Trinajstić information content (AvgIpc) is 2.99. The summed E-state index contributed by atoms with van der Waals surface area (Å²) >= 11 is 0. The summed E-state index contributed by atoms with van der Waals surface area (Å²) in [5.41, 5.74) is 2.47. The quantitative estimate of drug-likeness (QED) is 0.849. The molecule has 1 unspecified atom stereocenters. The molecule has 4 nitrogen and oxygen atoms in total. The van der Waals surface area contributed by atoms with Gasteiger partial charge in [0, 0.05) is 37.6 Å². The van der Waals surface area contributed by atoms with Crippen LogP contribution in [0.1, 0.15) is 26.3 Å². The molecule has 0 aliphatic rings. The van der Waals surface area contributed by atoms with Gasteiger partial charge in [-0.15, -0.1) is 0 Å². The zero-order valence-electron chi connectivity index (χ0n) is 13.5. The highest BCUT2D eigenvalue weighted by molar-refractivity contribution is 5.40. The molecule has 0 radical (unpaired) electrons. The second kappa shape index (κ2) is 7.38. The topological polar surface area (TPSA) is 33.1 Å². The molecular formula is C17H26N4. The van der Waals surface area contributed by atoms with Crippen LogP contribution >= 0.6 is 0 Å². The average molecular weight is 286 g/mol. The van der Waals surface area contributed by atoms with Crippen molar-refractivity contribution in [3.63, 3.8) is 0 Å². The van der Waals surface area contributed by atoms with Gasteiger partial charge in [0.2, 0.25) is 0 Å². The van der Waals surface area contributed by atoms with Gasteiger partial charge in [-0.3, -0.25) is 0 Å². The first-order valence-electron chi connectivity index (χ1n) is 7.57. The van der Waals surface area contributed by atoms with E-state index in [1.807, 2.05) is 18.7 Å². The minimum absolute atomic E-state index is 0.452. The Labute approximate surface area is 127 Å². The summed E-state index contributed by atoms with van der Waals surface area (Å²) < 4.78 is 2.06. The zero-order valence-corrected chi connectivity index (χ0v) is 13.5. The summed E-state index contributed by atoms with van der Waals surface area (Å²) in [6.45, 7) is 8.59. The lowest BCUT2D eigenvalue weighted by Gasteiger charge is -2.25. The first-order valence-corrected chi connectivity index (χ1v) is 7.57. The largest absolute Gasteiger partial charge is 0.309 e. The van der Waals surface area contributed by atoms with Crippen molar-refractivity contribution in [1.29, 1.82) is 0 Å². The molecule has 114 valence electrons. The van der Waals surface area contributed by atoms with Gasteiger partial charge in [-0.1, -0.05) is 18.2 Å². The maximum atomic E-state index is 4.13. The van der Waals surface area contributed by atoms with Gasteiger partial charge in [-0.2, -0.15) is 0 Å². The summed E-state index contributed by atoms with van der Waals surface area (Å²) in [5, 5.41) is 3.61. The third-order valence-electron chi connectivity index (χ3n) is 3.86. The van der Waals surface area contributed by atoms with Crippen LogP contribution in [0.2, 0.25) is 0 Å². The van der Waals surface area contributed by atoms with Crippen LogP contribution in [-0.2, 0) is 6.54 Å². The molecule has 0 fully saturated rings. The Balaban J connectivity index is 1.98. The van der Waals surface area contributed by atoms with Crippen LogP contribution in [0.4, 0.5) is 0 Å². The Bertz CT molecular complexity index is 533. The Morgan fingerprint density at radius 3 is 2.67 bits per heavy atom. The van der Waals surface area contributed by atoms with Crippen molar-refractivity contribution in [2.24, 2.45) is 0 Å². The van der Waals surface area contributed by atoms with Crippen molar-refractivity contribution in [3.05, 3.63) is 48.5 Å². The molecule has 4 heteroatoms. The van der Waals surface area contributed by atoms with Crippen molar-refractivity contribution in [3.8, 4) is 5.69 Å². The number of aromatic nitrogens is 2. The molecule has 0 aliphatic heterocycles. The van der Waals surface area contributed by atoms with E-state index in [-0.39, 0.29) is 0 Å². The van der Waals surface area contributed by atoms with Gasteiger partial charge >= 0.3 is 0 Å². The van der Waals surface area contributed by atoms with E-state index in [0.29, 0.717) is 12.1 Å². The van der Waals surface area contributed by atoms with Crippen molar-refractivity contribution in [2.45, 2.75) is 39.4 Å². The fourth-order valence-corrected chi connectivity index (χ4v) is 2.31. The molecule has 1 aromatic heterocycles. The van der Waals surface area contributed by atoms with Crippen molar-refractivity contribution in [1.82, 2.24) is 19.8 Å². The number of benzene rings is 1. The van der Waals surface area contributed by atoms with Gasteiger partial charge in [0.05, 0.1) is 12.0 Å². The SMILES string of the molecule is CC(CN(C)C(C)C)NCc1ccccc1-n1ccnc1. The number of hydrogen-bond donors (Lipinski definition) is 1. The Morgan fingerprint density at radius 1 is 1.24 bits per heavy atom. The van der Waals surface area contributed by atoms with Crippen LogP contribution in [0.5, 0.6) is 0 Å². The van der Waals surface area contributed by atoms with E-state index in [1.54, 1.807) is 0 Å². The third-order valence-corrected chi connectivity index (χ3v) is 3.86. The van der Waals surface area contributed by atoms with Gasteiger partial charge in [0.25, 0.3) is 0 Å². The van der Waals surface area contributed by atoms with Gasteiger partial charge in [0.1, 0.15) is 0 Å². The second-order valence-electron chi connectivity index (χ2n) is 5.91. The molecule has 0 saturated heterocycles. The molecular weight excluding hydrogens is 260 g/mol. The Morgan fingerprint density at radius 2 is 2.00 bits per heavy atom. The lowest BCUT2D eigenvalue weighted by molar-refractivity contribution is 0.246. The molecule has 1 aromatic carbocycles. The number of nitrogens with one attached hydrogen (secondary N) is 1. The lowest BCUT2D eigenvalue weighted by Crippen LogP contribution is -2.40. The van der Waals surface area contributed by atoms with E-state index in [0.717, 1.165) is 13.1 Å². The number of nitrogens with zero attached hydrogens (tertiary/aromatic N) is 3. The minimum Gasteiger partial charge on any atom is -0.309 e. The van der Waals surface area contributed by atoms with Crippen LogP contribution < -0.4 is 5.32 Å². The van der Waals surface area contributed by atoms with E-state index < -0.39 is 0 Å². The van der Waals surface area contributed by atoms with E-state index in [4.69, 9.17) is 0 Å². The number of hydrogen-bond acceptors (Lipinski definition) is 3. The maximum Gasteiger partial charge on any atom is 0.0991 e. The molecule has 0 spiro atoms. The molecule has 21 heavy (non-hydrogen) atoms. The molecule has 1 N–H and O–H groups in total. The number of imidazole rings is 1. The van der Waals surface area contributed by atoms with Crippen molar-refractivity contribution < 1.29 is 0 Å². The highest BCUT2D eigenvalue weighted by Crippen LogP contribution is 2.14. The molecule has 0 aliphatic carbocycles. The lowest BCUT2D eigenvalue weighted by atomic mass is 10.1. The van der Waals surface area contributed by atoms with Crippen LogP contribution in [0.25, 0.3) is 5.69 Å². The van der Waals surface area contributed by atoms with Crippen molar-refractivity contribution >= 4 is 0 Å². The minimum atomic E-state index is 0.452. The molecule has 0 bridgehead atoms. The first-order chi connectivity index (χ1) is 10.1. The van der Waals surface area contributed by atoms with E-state index >= 15 is 0 Å². The summed E-state index contributed by atoms with van der Waals surface area (Å²) in [6.07, 6.45) is 5.63. The highest BCUT2D eigenvalue weighted by atomic mass is 15.1.